The summed E-state index contributed by atoms with van der Waals surface area (Å²) in [6.45, 7) is 1.87. The summed E-state index contributed by atoms with van der Waals surface area (Å²) in [5, 5.41) is 8.74. The summed E-state index contributed by atoms with van der Waals surface area (Å²) in [6.07, 6.45) is 6.98. The summed E-state index contributed by atoms with van der Waals surface area (Å²) in [5.74, 6) is 1.76. The highest BCUT2D eigenvalue weighted by Crippen LogP contribution is 2.27. The van der Waals surface area contributed by atoms with E-state index < -0.39 is 0 Å². The van der Waals surface area contributed by atoms with E-state index in [1.54, 1.807) is 12.4 Å². The molecule has 114 valence electrons. The van der Waals surface area contributed by atoms with Gasteiger partial charge in [-0.05, 0) is 46.8 Å². The van der Waals surface area contributed by atoms with Gasteiger partial charge in [0.1, 0.15) is 0 Å². The van der Waals surface area contributed by atoms with Gasteiger partial charge in [0.25, 0.3) is 0 Å². The Bertz CT molecular complexity index is 683. The summed E-state index contributed by atoms with van der Waals surface area (Å²) >= 11 is 3.36. The molecule has 0 aromatic carbocycles. The Labute approximate surface area is 137 Å². The number of fused-ring (bicyclic) bond motifs is 1. The van der Waals surface area contributed by atoms with Crippen molar-refractivity contribution in [2.24, 2.45) is 0 Å². The summed E-state index contributed by atoms with van der Waals surface area (Å²) < 4.78 is 0.897. The Morgan fingerprint density at radius 2 is 1.95 bits per heavy atom. The van der Waals surface area contributed by atoms with E-state index in [1.807, 2.05) is 7.05 Å². The third-order valence-electron chi connectivity index (χ3n) is 4.46. The normalized spacial score (nSPS) is 17.3. The lowest BCUT2D eigenvalue weighted by atomic mass is 10.1. The van der Waals surface area contributed by atoms with E-state index in [2.05, 4.69) is 52.0 Å². The van der Waals surface area contributed by atoms with Crippen LogP contribution in [-0.2, 0) is 12.8 Å². The van der Waals surface area contributed by atoms with E-state index in [0.717, 1.165) is 42.2 Å². The molecule has 22 heavy (non-hydrogen) atoms. The molecule has 0 spiro atoms. The summed E-state index contributed by atoms with van der Waals surface area (Å²) in [4.78, 5) is 13.1. The number of aryl methyl sites for hydroxylation is 2. The van der Waals surface area contributed by atoms with Crippen LogP contribution in [0.3, 0.4) is 0 Å². The van der Waals surface area contributed by atoms with E-state index in [9.17, 15) is 0 Å². The number of anilines is 2. The van der Waals surface area contributed by atoms with Gasteiger partial charge in [-0.1, -0.05) is 0 Å². The maximum Gasteiger partial charge on any atom is 0.225 e. The number of rotatable bonds is 3. The zero-order valence-electron chi connectivity index (χ0n) is 12.4. The van der Waals surface area contributed by atoms with Crippen molar-refractivity contribution >= 4 is 27.7 Å². The predicted octanol–water partition coefficient (Wildman–Crippen LogP) is 1.84. The first-order valence-corrected chi connectivity index (χ1v) is 8.31. The molecule has 4 rings (SSSR count). The van der Waals surface area contributed by atoms with Gasteiger partial charge in [-0.2, -0.15) is 5.10 Å². The van der Waals surface area contributed by atoms with Crippen molar-refractivity contribution in [1.82, 2.24) is 20.2 Å². The molecule has 0 bridgehead atoms. The predicted molar refractivity (Wildman–Crippen MR) is 88.2 cm³/mol. The van der Waals surface area contributed by atoms with Crippen LogP contribution in [0.2, 0.25) is 0 Å². The second kappa shape index (κ2) is 5.46. The van der Waals surface area contributed by atoms with Crippen molar-refractivity contribution < 1.29 is 0 Å². The minimum Gasteiger partial charge on any atom is -0.351 e. The monoisotopic (exact) mass is 360 g/mol. The fraction of sp³-hybridized carbons (Fsp3) is 0.467. The number of likely N-dealkylation sites (N-methyl/N-ethyl adjacent to an activating group) is 1. The van der Waals surface area contributed by atoms with Crippen LogP contribution in [0.4, 0.5) is 11.8 Å². The number of halogens is 1. The van der Waals surface area contributed by atoms with Gasteiger partial charge in [-0.25, -0.2) is 9.97 Å². The largest absolute Gasteiger partial charge is 0.351 e. The molecular weight excluding hydrogens is 344 g/mol. The van der Waals surface area contributed by atoms with Gasteiger partial charge >= 0.3 is 0 Å². The van der Waals surface area contributed by atoms with E-state index in [4.69, 9.17) is 0 Å². The fourth-order valence-corrected chi connectivity index (χ4v) is 3.21. The second-order valence-electron chi connectivity index (χ2n) is 5.90. The molecule has 0 atom stereocenters. The third-order valence-corrected chi connectivity index (χ3v) is 4.87. The van der Waals surface area contributed by atoms with Crippen LogP contribution in [0.25, 0.3) is 0 Å². The summed E-state index contributed by atoms with van der Waals surface area (Å²) in [7, 11) is 2.04. The van der Waals surface area contributed by atoms with Crippen LogP contribution in [0, 0.1) is 0 Å². The van der Waals surface area contributed by atoms with Gasteiger partial charge in [0.2, 0.25) is 5.95 Å². The fourth-order valence-electron chi connectivity index (χ4n) is 3.01. The van der Waals surface area contributed by atoms with Gasteiger partial charge in [0, 0.05) is 32.5 Å². The zero-order chi connectivity index (χ0) is 15.1. The molecule has 2 aromatic heterocycles. The summed E-state index contributed by atoms with van der Waals surface area (Å²) in [6, 6.07) is 2.62. The first kappa shape index (κ1) is 13.9. The highest BCUT2D eigenvalue weighted by molar-refractivity contribution is 9.10. The number of hydrogen-bond donors (Lipinski definition) is 0. The number of aromatic nitrogens is 4. The summed E-state index contributed by atoms with van der Waals surface area (Å²) in [5.41, 5.74) is 2.55. The molecule has 0 N–H and O–H groups in total. The SMILES string of the molecule is CN(c1ncc(Br)cn1)C1CN(c2cc3c(nn2)CCC3)C1. The maximum atomic E-state index is 4.37. The van der Waals surface area contributed by atoms with Crippen LogP contribution in [0.1, 0.15) is 17.7 Å². The quantitative estimate of drug-likeness (QED) is 0.832. The Morgan fingerprint density at radius 3 is 2.73 bits per heavy atom. The van der Waals surface area contributed by atoms with Gasteiger partial charge in [-0.3, -0.25) is 0 Å². The molecule has 6 nitrogen and oxygen atoms in total. The Balaban J connectivity index is 1.42. The number of nitrogens with zero attached hydrogens (tertiary/aromatic N) is 6. The lowest BCUT2D eigenvalue weighted by Crippen LogP contribution is -2.59. The average Bonchev–Trinajstić information content (AvgIpc) is 2.94. The highest BCUT2D eigenvalue weighted by Gasteiger charge is 2.32. The third kappa shape index (κ3) is 2.43. The van der Waals surface area contributed by atoms with Gasteiger partial charge in [0.05, 0.1) is 16.2 Å². The van der Waals surface area contributed by atoms with Gasteiger partial charge < -0.3 is 9.80 Å². The first-order chi connectivity index (χ1) is 10.7. The molecule has 1 fully saturated rings. The molecule has 3 heterocycles. The molecule has 2 aromatic rings. The van der Waals surface area contributed by atoms with E-state index >= 15 is 0 Å². The molecule has 2 aliphatic rings. The van der Waals surface area contributed by atoms with Crippen LogP contribution in [-0.4, -0.2) is 46.3 Å². The number of hydrogen-bond acceptors (Lipinski definition) is 6. The molecular formula is C15H17BrN6. The molecule has 1 aliphatic heterocycles. The van der Waals surface area contributed by atoms with Crippen molar-refractivity contribution in [3.63, 3.8) is 0 Å². The van der Waals surface area contributed by atoms with Crippen LogP contribution < -0.4 is 9.80 Å². The lowest BCUT2D eigenvalue weighted by molar-refractivity contribution is 0.484. The first-order valence-electron chi connectivity index (χ1n) is 7.51. The van der Waals surface area contributed by atoms with E-state index in [-0.39, 0.29) is 0 Å². The van der Waals surface area contributed by atoms with Crippen molar-refractivity contribution in [3.05, 3.63) is 34.2 Å². The minimum atomic E-state index is 0.413. The molecule has 1 saturated heterocycles. The molecule has 0 unspecified atom stereocenters. The van der Waals surface area contributed by atoms with E-state index in [1.165, 1.54) is 17.7 Å². The standard InChI is InChI=1S/C15H17BrN6/c1-21(15-17-6-11(16)7-18-15)12-8-22(9-12)14-5-10-3-2-4-13(10)19-20-14/h5-7,12H,2-4,8-9H2,1H3. The van der Waals surface area contributed by atoms with Crippen LogP contribution in [0.15, 0.2) is 22.9 Å². The van der Waals surface area contributed by atoms with Crippen molar-refractivity contribution in [2.75, 3.05) is 29.9 Å². The average molecular weight is 361 g/mol. The van der Waals surface area contributed by atoms with Gasteiger partial charge in [-0.15, -0.1) is 5.10 Å². The van der Waals surface area contributed by atoms with Crippen LogP contribution >= 0.6 is 15.9 Å². The van der Waals surface area contributed by atoms with Crippen molar-refractivity contribution in [1.29, 1.82) is 0 Å². The Kier molecular flexibility index (Phi) is 3.44. The molecule has 0 radical (unpaired) electrons. The zero-order valence-corrected chi connectivity index (χ0v) is 14.0. The second-order valence-corrected chi connectivity index (χ2v) is 6.81. The van der Waals surface area contributed by atoms with Crippen LogP contribution in [0.5, 0.6) is 0 Å². The van der Waals surface area contributed by atoms with Crippen molar-refractivity contribution in [2.45, 2.75) is 25.3 Å². The maximum absolute atomic E-state index is 4.37. The Hall–Kier alpha value is -1.76. The topological polar surface area (TPSA) is 58.0 Å². The molecule has 1 aliphatic carbocycles. The molecule has 0 amide bonds. The highest BCUT2D eigenvalue weighted by atomic mass is 79.9. The van der Waals surface area contributed by atoms with Gasteiger partial charge in [0.15, 0.2) is 5.82 Å². The smallest absolute Gasteiger partial charge is 0.225 e. The molecule has 7 heteroatoms. The Morgan fingerprint density at radius 1 is 1.18 bits per heavy atom. The molecule has 0 saturated carbocycles. The van der Waals surface area contributed by atoms with Crippen molar-refractivity contribution in [3.8, 4) is 0 Å². The van der Waals surface area contributed by atoms with E-state index in [0.29, 0.717) is 6.04 Å². The minimum absolute atomic E-state index is 0.413. The lowest BCUT2D eigenvalue weighted by Gasteiger charge is -2.44.